The van der Waals surface area contributed by atoms with Crippen LogP contribution in [0.3, 0.4) is 0 Å². The van der Waals surface area contributed by atoms with Crippen LogP contribution < -0.4 is 19.6 Å². The van der Waals surface area contributed by atoms with Crippen LogP contribution in [-0.4, -0.2) is 173 Å². The maximum atomic E-state index is 14.6. The van der Waals surface area contributed by atoms with Gasteiger partial charge in [0, 0.05) is 23.8 Å². The number of methoxy groups -OCH3 is 1. The van der Waals surface area contributed by atoms with Crippen molar-refractivity contribution in [1.82, 2.24) is 0 Å². The van der Waals surface area contributed by atoms with Gasteiger partial charge in [0.15, 0.2) is 41.2 Å². The average Bonchev–Trinajstić information content (AvgIpc) is 3.28. The van der Waals surface area contributed by atoms with E-state index in [9.17, 15) is 70.9 Å². The van der Waals surface area contributed by atoms with E-state index in [0.717, 1.165) is 24.3 Å². The fraction of sp³-hybridized carbons (Fsp3) is 0.442. The van der Waals surface area contributed by atoms with E-state index in [1.807, 2.05) is 0 Å². The van der Waals surface area contributed by atoms with Gasteiger partial charge in [0.2, 0.25) is 23.8 Å². The van der Waals surface area contributed by atoms with Crippen LogP contribution >= 0.6 is 0 Å². The number of carbonyl (C=O) groups excluding carboxylic acids is 1. The normalized spacial score (nSPS) is 32.6. The van der Waals surface area contributed by atoms with Crippen molar-refractivity contribution in [2.45, 2.75) is 106 Å². The van der Waals surface area contributed by atoms with Crippen molar-refractivity contribution in [3.63, 3.8) is 0 Å². The second-order valence-electron chi connectivity index (χ2n) is 15.7. The predicted molar refractivity (Wildman–Crippen MR) is 219 cm³/mol. The fourth-order valence-electron chi connectivity index (χ4n) is 7.39. The van der Waals surface area contributed by atoms with Gasteiger partial charge in [-0.05, 0) is 55.8 Å². The van der Waals surface area contributed by atoms with Crippen molar-refractivity contribution in [3.05, 3.63) is 70.4 Å². The summed E-state index contributed by atoms with van der Waals surface area (Å²) < 4.78 is 51.5. The second-order valence-corrected chi connectivity index (χ2v) is 15.7. The van der Waals surface area contributed by atoms with Crippen LogP contribution in [0.25, 0.3) is 28.4 Å². The number of phenols is 4. The van der Waals surface area contributed by atoms with Crippen LogP contribution in [0.2, 0.25) is 0 Å². The van der Waals surface area contributed by atoms with Crippen LogP contribution in [0.5, 0.6) is 40.2 Å². The topological polar surface area (TPSA) is 364 Å². The number of ether oxygens (including phenoxy) is 8. The standard InChI is InChI=1S/C43H48O23/c1-15-29(49)33(53)36(56)41(60-15)62-19-12-23(47)28-25(13-19)63-38(18-6-8-21(45)24(11-18)58-3)39(32(28)52)65-43-40(66-42-37(57)34(54)30(50)16(2)61-42)35(55)31(51)26(64-43)14-59-27(48)9-5-17-4-7-20(44)22(46)10-17/h4-13,15-16,26,29-31,33-37,40-47,49-51,53-57H,14H2,1-3H3/b9-5+/t15?,16?,26?,29-,30-,31+,33?,34?,35?,36?,37-,40?,41-,42-,43-/m0/s1. The van der Waals surface area contributed by atoms with Gasteiger partial charge in [0.25, 0.3) is 0 Å². The second kappa shape index (κ2) is 19.6. The third-order valence-electron chi connectivity index (χ3n) is 11.2. The Hall–Kier alpha value is -5.80. The number of aliphatic hydroxyl groups excluding tert-OH is 8. The number of fused-ring (bicyclic) bond motifs is 1. The Bertz CT molecular complexity index is 2470. The summed E-state index contributed by atoms with van der Waals surface area (Å²) in [4.78, 5) is 27.4. The molecule has 0 amide bonds. The zero-order valence-corrected chi connectivity index (χ0v) is 35.0. The average molecular weight is 933 g/mol. The molecule has 23 nitrogen and oxygen atoms in total. The molecule has 358 valence electrons. The lowest BCUT2D eigenvalue weighted by Gasteiger charge is -2.45. The Morgan fingerprint density at radius 3 is 1.98 bits per heavy atom. The molecule has 4 aromatic rings. The molecule has 0 bridgehead atoms. The molecule has 0 aliphatic carbocycles. The van der Waals surface area contributed by atoms with E-state index >= 15 is 0 Å². The van der Waals surface area contributed by atoms with Gasteiger partial charge in [0.05, 0.1) is 19.3 Å². The molecule has 66 heavy (non-hydrogen) atoms. The van der Waals surface area contributed by atoms with Gasteiger partial charge in [-0.2, -0.15) is 0 Å². The Morgan fingerprint density at radius 2 is 1.32 bits per heavy atom. The quantitative estimate of drug-likeness (QED) is 0.0450. The molecule has 3 fully saturated rings. The van der Waals surface area contributed by atoms with Gasteiger partial charge >= 0.3 is 5.97 Å². The molecule has 23 heteroatoms. The van der Waals surface area contributed by atoms with E-state index in [2.05, 4.69) is 0 Å². The molecular formula is C43H48O23. The summed E-state index contributed by atoms with van der Waals surface area (Å²) in [5, 5.41) is 126. The molecule has 0 saturated carbocycles. The fourth-order valence-corrected chi connectivity index (χ4v) is 7.39. The number of benzene rings is 3. The first-order valence-corrected chi connectivity index (χ1v) is 20.3. The lowest BCUT2D eigenvalue weighted by molar-refractivity contribution is -0.354. The van der Waals surface area contributed by atoms with E-state index in [1.54, 1.807) is 0 Å². The van der Waals surface area contributed by atoms with Gasteiger partial charge in [-0.3, -0.25) is 4.79 Å². The zero-order chi connectivity index (χ0) is 47.9. The third kappa shape index (κ3) is 9.69. The van der Waals surface area contributed by atoms with Crippen molar-refractivity contribution in [2.75, 3.05) is 13.7 Å². The lowest BCUT2D eigenvalue weighted by Crippen LogP contribution is -2.64. The van der Waals surface area contributed by atoms with Gasteiger partial charge < -0.3 is 104 Å². The number of carbonyl (C=O) groups is 1. The Balaban J connectivity index is 1.27. The van der Waals surface area contributed by atoms with Crippen LogP contribution in [0, 0.1) is 0 Å². The summed E-state index contributed by atoms with van der Waals surface area (Å²) in [5.41, 5.74) is -1.23. The molecule has 7 rings (SSSR count). The number of phenolic OH excluding ortho intramolecular Hbond substituents is 4. The minimum absolute atomic E-state index is 0.0218. The van der Waals surface area contributed by atoms with Crippen molar-refractivity contribution < 1.29 is 108 Å². The van der Waals surface area contributed by atoms with Crippen LogP contribution in [0.15, 0.2) is 63.8 Å². The zero-order valence-electron chi connectivity index (χ0n) is 35.0. The number of rotatable bonds is 12. The van der Waals surface area contributed by atoms with Crippen LogP contribution in [0.4, 0.5) is 0 Å². The molecule has 3 saturated heterocycles. The number of esters is 1. The highest BCUT2D eigenvalue weighted by atomic mass is 16.8. The summed E-state index contributed by atoms with van der Waals surface area (Å²) in [5.74, 6) is -4.60. The van der Waals surface area contributed by atoms with Gasteiger partial charge in [0.1, 0.15) is 84.0 Å². The first-order valence-electron chi connectivity index (χ1n) is 20.3. The smallest absolute Gasteiger partial charge is 0.330 e. The molecule has 3 aliphatic heterocycles. The van der Waals surface area contributed by atoms with Crippen molar-refractivity contribution >= 4 is 23.0 Å². The highest BCUT2D eigenvalue weighted by molar-refractivity contribution is 5.89. The van der Waals surface area contributed by atoms with E-state index in [4.69, 9.17) is 42.3 Å². The largest absolute Gasteiger partial charge is 0.507 e. The maximum Gasteiger partial charge on any atom is 0.330 e. The molecule has 15 atom stereocenters. The van der Waals surface area contributed by atoms with Crippen LogP contribution in [0.1, 0.15) is 19.4 Å². The molecule has 3 aromatic carbocycles. The van der Waals surface area contributed by atoms with Gasteiger partial charge in [-0.1, -0.05) is 6.07 Å². The highest BCUT2D eigenvalue weighted by Gasteiger charge is 2.52. The first-order chi connectivity index (χ1) is 31.3. The molecule has 1 aromatic heterocycles. The molecule has 3 aliphatic rings. The van der Waals surface area contributed by atoms with E-state index in [0.29, 0.717) is 0 Å². The third-order valence-corrected chi connectivity index (χ3v) is 11.2. The van der Waals surface area contributed by atoms with E-state index < -0.39 is 144 Å². The minimum atomic E-state index is -2.09. The van der Waals surface area contributed by atoms with Crippen molar-refractivity contribution in [1.29, 1.82) is 0 Å². The molecule has 0 radical (unpaired) electrons. The monoisotopic (exact) mass is 932 g/mol. The first kappa shape index (κ1) is 48.1. The van der Waals surface area contributed by atoms with Crippen molar-refractivity contribution in [3.8, 4) is 51.6 Å². The predicted octanol–water partition coefficient (Wildman–Crippen LogP) is -1.21. The van der Waals surface area contributed by atoms with Gasteiger partial charge in [-0.15, -0.1) is 0 Å². The lowest BCUT2D eigenvalue weighted by atomic mass is 9.97. The van der Waals surface area contributed by atoms with E-state index in [-0.39, 0.29) is 34.0 Å². The SMILES string of the molecule is COc1cc(-c2oc3cc(O[C@@H]4OC(C)[C@H](O)C(O)C4O)cc(O)c3c(=O)c2O[C@@H]2OC(COC(=O)/C=C/c3ccc(O)c(O)c3)[C@@H](O)C(O)C2O[C@@H]2OC(C)[C@H](O)C(O)[C@@H]2O)ccc1O. The van der Waals surface area contributed by atoms with Crippen molar-refractivity contribution in [2.24, 2.45) is 0 Å². The van der Waals surface area contributed by atoms with E-state index in [1.165, 1.54) is 57.4 Å². The molecular weight excluding hydrogens is 884 g/mol. The molecule has 12 N–H and O–H groups in total. The number of hydrogen-bond donors (Lipinski definition) is 12. The van der Waals surface area contributed by atoms with Gasteiger partial charge in [-0.25, -0.2) is 4.79 Å². The number of aromatic hydroxyl groups is 4. The highest BCUT2D eigenvalue weighted by Crippen LogP contribution is 2.41. The molecule has 0 spiro atoms. The number of aliphatic hydroxyl groups is 8. The Labute approximate surface area is 372 Å². The summed E-state index contributed by atoms with van der Waals surface area (Å²) in [6.45, 7) is 1.97. The Morgan fingerprint density at radius 1 is 0.667 bits per heavy atom. The van der Waals surface area contributed by atoms with Crippen LogP contribution in [-0.2, 0) is 28.5 Å². The summed E-state index contributed by atoms with van der Waals surface area (Å²) in [7, 11) is 1.23. The Kier molecular flexibility index (Phi) is 14.3. The molecule has 4 heterocycles. The summed E-state index contributed by atoms with van der Waals surface area (Å²) in [6.07, 6.45) is -23.4. The minimum Gasteiger partial charge on any atom is -0.507 e. The molecule has 8 unspecified atom stereocenters. The maximum absolute atomic E-state index is 14.6. The summed E-state index contributed by atoms with van der Waals surface area (Å²) >= 11 is 0. The summed E-state index contributed by atoms with van der Waals surface area (Å²) in [6, 6.07) is 9.48. The number of hydrogen-bond acceptors (Lipinski definition) is 23.